The highest BCUT2D eigenvalue weighted by molar-refractivity contribution is 5.76. The van der Waals surface area contributed by atoms with Gasteiger partial charge in [-0.25, -0.2) is 0 Å². The van der Waals surface area contributed by atoms with Gasteiger partial charge in [0.1, 0.15) is 48.8 Å². The van der Waals surface area contributed by atoms with Gasteiger partial charge in [0, 0.05) is 6.42 Å². The minimum atomic E-state index is -1.78. The van der Waals surface area contributed by atoms with Crippen molar-refractivity contribution in [2.45, 2.75) is 383 Å². The second kappa shape index (κ2) is 55.3. The van der Waals surface area contributed by atoms with Gasteiger partial charge in [0.15, 0.2) is 12.6 Å². The van der Waals surface area contributed by atoms with Gasteiger partial charge >= 0.3 is 0 Å². The number of hydrogen-bond donors (Lipinski definition) is 9. The van der Waals surface area contributed by atoms with E-state index in [1.54, 1.807) is 0 Å². The molecule has 0 aromatic carbocycles. The minimum Gasteiger partial charge on any atom is -0.394 e. The first kappa shape index (κ1) is 78.3. The van der Waals surface area contributed by atoms with Crippen LogP contribution in [0.25, 0.3) is 0 Å². The van der Waals surface area contributed by atoms with E-state index in [9.17, 15) is 45.6 Å². The lowest BCUT2D eigenvalue weighted by Gasteiger charge is -2.46. The zero-order valence-corrected chi connectivity index (χ0v) is 53.7. The number of aliphatic hydroxyl groups excluding tert-OH is 8. The molecule has 12 unspecified atom stereocenters. The SMILES string of the molecule is CCCCCCC/C=C\C/C=C\C/C=C\CCCCCCCCCCC(=O)NC(COC1OC(CO)C(OC2OC(CO)C(O)C(O)C2O)C(O)C1O)C(O)CCCCCCCCCCCCCCCCCCCCCCCCCCCCC. The fourth-order valence-electron chi connectivity index (χ4n) is 11.7. The van der Waals surface area contributed by atoms with Crippen molar-refractivity contribution in [3.63, 3.8) is 0 Å². The van der Waals surface area contributed by atoms with E-state index in [-0.39, 0.29) is 12.5 Å². The maximum Gasteiger partial charge on any atom is 0.220 e. The lowest BCUT2D eigenvalue weighted by molar-refractivity contribution is -0.359. The van der Waals surface area contributed by atoms with E-state index in [0.29, 0.717) is 19.3 Å². The van der Waals surface area contributed by atoms with Gasteiger partial charge in [-0.1, -0.05) is 288 Å². The predicted molar refractivity (Wildman–Crippen MR) is 341 cm³/mol. The van der Waals surface area contributed by atoms with E-state index in [0.717, 1.165) is 64.2 Å². The van der Waals surface area contributed by atoms with Gasteiger partial charge in [-0.2, -0.15) is 0 Å². The van der Waals surface area contributed by atoms with E-state index >= 15 is 0 Å². The largest absolute Gasteiger partial charge is 0.394 e. The summed E-state index contributed by atoms with van der Waals surface area (Å²) in [7, 11) is 0. The van der Waals surface area contributed by atoms with Crippen LogP contribution >= 0.6 is 0 Å². The normalized spacial score (nSPS) is 23.8. The third kappa shape index (κ3) is 39.3. The highest BCUT2D eigenvalue weighted by Crippen LogP contribution is 2.30. The second-order valence-corrected chi connectivity index (χ2v) is 25.0. The van der Waals surface area contributed by atoms with Crippen LogP contribution in [0, 0.1) is 0 Å². The van der Waals surface area contributed by atoms with Crippen LogP contribution in [-0.2, 0) is 23.7 Å². The van der Waals surface area contributed by atoms with Crippen molar-refractivity contribution in [1.82, 2.24) is 5.32 Å². The van der Waals surface area contributed by atoms with E-state index in [1.807, 2.05) is 0 Å². The number of nitrogens with one attached hydrogen (secondary N) is 1. The number of carbonyl (C=O) groups is 1. The quantitative estimate of drug-likeness (QED) is 0.0204. The summed E-state index contributed by atoms with van der Waals surface area (Å²) in [5.74, 6) is -0.210. The van der Waals surface area contributed by atoms with Gasteiger partial charge in [0.25, 0.3) is 0 Å². The number of hydrogen-bond acceptors (Lipinski definition) is 13. The molecule has 0 aliphatic carbocycles. The van der Waals surface area contributed by atoms with E-state index in [2.05, 4.69) is 55.6 Å². The fourth-order valence-corrected chi connectivity index (χ4v) is 11.7. The topological polar surface area (TPSA) is 228 Å². The average Bonchev–Trinajstić information content (AvgIpc) is 3.18. The molecule has 9 N–H and O–H groups in total. The first-order valence-electron chi connectivity index (χ1n) is 35.2. The number of allylic oxidation sites excluding steroid dienone is 6. The summed E-state index contributed by atoms with van der Waals surface area (Å²) in [6.07, 6.45) is 52.9. The molecular formula is C70H131NO13. The van der Waals surface area contributed by atoms with Crippen molar-refractivity contribution in [1.29, 1.82) is 0 Å². The highest BCUT2D eigenvalue weighted by Gasteiger charge is 2.51. The van der Waals surface area contributed by atoms with Crippen LogP contribution in [0.1, 0.15) is 309 Å². The number of aliphatic hydroxyl groups is 8. The molecule has 0 saturated carbocycles. The Balaban J connectivity index is 1.68. The van der Waals surface area contributed by atoms with Gasteiger partial charge < -0.3 is 65.1 Å². The number of ether oxygens (including phenoxy) is 4. The van der Waals surface area contributed by atoms with Gasteiger partial charge in [-0.3, -0.25) is 4.79 Å². The van der Waals surface area contributed by atoms with E-state index in [4.69, 9.17) is 18.9 Å². The molecule has 1 amide bonds. The third-order valence-electron chi connectivity index (χ3n) is 17.4. The van der Waals surface area contributed by atoms with Crippen molar-refractivity contribution < 1.29 is 64.6 Å². The summed E-state index contributed by atoms with van der Waals surface area (Å²) in [5, 5.41) is 87.6. The number of carbonyl (C=O) groups excluding carboxylic acids is 1. The molecule has 2 aliphatic heterocycles. The summed E-state index contributed by atoms with van der Waals surface area (Å²) in [4.78, 5) is 13.3. The molecule has 2 aliphatic rings. The first-order chi connectivity index (χ1) is 41.1. The molecule has 2 heterocycles. The Labute approximate surface area is 512 Å². The molecule has 0 spiro atoms. The Hall–Kier alpha value is -1.79. The monoisotopic (exact) mass is 1190 g/mol. The summed E-state index contributed by atoms with van der Waals surface area (Å²) in [5.41, 5.74) is 0. The van der Waals surface area contributed by atoms with Crippen LogP contribution in [0.15, 0.2) is 36.5 Å². The third-order valence-corrected chi connectivity index (χ3v) is 17.4. The molecule has 0 bridgehead atoms. The number of amides is 1. The molecule has 494 valence electrons. The molecule has 0 radical (unpaired) electrons. The Morgan fingerprint density at radius 1 is 0.429 bits per heavy atom. The molecule has 0 aromatic heterocycles. The smallest absolute Gasteiger partial charge is 0.220 e. The zero-order chi connectivity index (χ0) is 60.9. The zero-order valence-electron chi connectivity index (χ0n) is 53.7. The van der Waals surface area contributed by atoms with Crippen LogP contribution in [0.2, 0.25) is 0 Å². The molecule has 2 fully saturated rings. The van der Waals surface area contributed by atoms with Crippen molar-refractivity contribution in [3.05, 3.63) is 36.5 Å². The van der Waals surface area contributed by atoms with Gasteiger partial charge in [-0.05, 0) is 51.4 Å². The maximum absolute atomic E-state index is 13.3. The summed E-state index contributed by atoms with van der Waals surface area (Å²) in [6, 6.07) is -0.835. The summed E-state index contributed by atoms with van der Waals surface area (Å²) in [6.45, 7) is 2.89. The van der Waals surface area contributed by atoms with E-state index in [1.165, 1.54) is 212 Å². The summed E-state index contributed by atoms with van der Waals surface area (Å²) < 4.78 is 22.9. The Morgan fingerprint density at radius 3 is 1.20 bits per heavy atom. The van der Waals surface area contributed by atoms with E-state index < -0.39 is 86.8 Å². The predicted octanol–water partition coefficient (Wildman–Crippen LogP) is 14.1. The lowest BCUT2D eigenvalue weighted by atomic mass is 9.97. The van der Waals surface area contributed by atoms with Crippen LogP contribution < -0.4 is 5.32 Å². The first-order valence-corrected chi connectivity index (χ1v) is 35.2. The minimum absolute atomic E-state index is 0.210. The van der Waals surface area contributed by atoms with Crippen molar-refractivity contribution in [3.8, 4) is 0 Å². The number of unbranched alkanes of at least 4 members (excludes halogenated alkanes) is 39. The molecule has 0 aromatic rings. The second-order valence-electron chi connectivity index (χ2n) is 25.0. The van der Waals surface area contributed by atoms with Gasteiger partial charge in [0.2, 0.25) is 5.91 Å². The van der Waals surface area contributed by atoms with Crippen molar-refractivity contribution in [2.75, 3.05) is 19.8 Å². The number of rotatable bonds is 58. The Kier molecular flexibility index (Phi) is 51.5. The van der Waals surface area contributed by atoms with Gasteiger partial charge in [0.05, 0.1) is 32.0 Å². The molecule has 14 nitrogen and oxygen atoms in total. The van der Waals surface area contributed by atoms with Crippen LogP contribution in [0.5, 0.6) is 0 Å². The summed E-state index contributed by atoms with van der Waals surface area (Å²) >= 11 is 0. The van der Waals surface area contributed by atoms with Crippen LogP contribution in [-0.4, -0.2) is 140 Å². The van der Waals surface area contributed by atoms with Crippen molar-refractivity contribution in [2.24, 2.45) is 0 Å². The molecule has 84 heavy (non-hydrogen) atoms. The molecule has 14 heteroatoms. The molecule has 2 rings (SSSR count). The fraction of sp³-hybridized carbons (Fsp3) is 0.900. The molecule has 2 saturated heterocycles. The van der Waals surface area contributed by atoms with Crippen LogP contribution in [0.3, 0.4) is 0 Å². The molecule has 12 atom stereocenters. The van der Waals surface area contributed by atoms with Gasteiger partial charge in [-0.15, -0.1) is 0 Å². The Morgan fingerprint density at radius 2 is 0.786 bits per heavy atom. The van der Waals surface area contributed by atoms with Crippen LogP contribution in [0.4, 0.5) is 0 Å². The Bertz CT molecular complexity index is 1550. The maximum atomic E-state index is 13.3. The highest BCUT2D eigenvalue weighted by atomic mass is 16.7. The lowest BCUT2D eigenvalue weighted by Crippen LogP contribution is -2.65. The standard InChI is InChI=1S/C70H131NO13/c1-3-5-7-9-11-13-15-17-19-21-23-25-27-28-29-30-32-33-35-37-39-41-43-45-47-49-51-53-59(74)58(57-81-69-67(80)65(78)68(61(56-73)83-69)84-70-66(79)64(77)63(76)60(55-72)82-70)71-62(75)54-52-50-48-46-44-42-40-38-36-34-31-26-24-22-20-18-16-14-12-10-8-6-4-2/h16,18,22,24,31,34,58-61,63-70,72-74,76-80H,3-15,17,19-21,23,25-30,32-33,35-57H2,1-2H3,(H,71,75)/b18-16-,24-22-,34-31-. The average molecular weight is 1190 g/mol. The van der Waals surface area contributed by atoms with Crippen molar-refractivity contribution >= 4 is 5.91 Å². The molecular weight excluding hydrogens is 1060 g/mol.